The van der Waals surface area contributed by atoms with Gasteiger partial charge in [0, 0.05) is 5.56 Å². The lowest BCUT2D eigenvalue weighted by Crippen LogP contribution is -2.30. The average molecular weight is 360 g/mol. The van der Waals surface area contributed by atoms with E-state index in [-0.39, 0.29) is 29.4 Å². The van der Waals surface area contributed by atoms with E-state index in [1.54, 1.807) is 43.3 Å². The van der Waals surface area contributed by atoms with Crippen molar-refractivity contribution in [1.82, 2.24) is 0 Å². The number of fused-ring (bicyclic) bond motifs is 1. The van der Waals surface area contributed by atoms with Gasteiger partial charge in [0.25, 0.3) is 0 Å². The molecule has 0 spiro atoms. The maximum Gasteiger partial charge on any atom is 0.333 e. The van der Waals surface area contributed by atoms with Crippen molar-refractivity contribution in [1.29, 1.82) is 0 Å². The van der Waals surface area contributed by atoms with Gasteiger partial charge in [-0.1, -0.05) is 41.9 Å². The van der Waals surface area contributed by atoms with Gasteiger partial charge in [-0.25, -0.2) is 9.18 Å². The second-order valence-corrected chi connectivity index (χ2v) is 6.23. The molecule has 1 heterocycles. The van der Waals surface area contributed by atoms with E-state index in [1.807, 2.05) is 0 Å². The third-order valence-electron chi connectivity index (χ3n) is 4.16. The molecule has 0 radical (unpaired) electrons. The minimum Gasteiger partial charge on any atom is -0.478 e. The average Bonchev–Trinajstić information content (AvgIpc) is 2.69. The summed E-state index contributed by atoms with van der Waals surface area (Å²) >= 11 is 6.25. The fourth-order valence-corrected chi connectivity index (χ4v) is 3.08. The van der Waals surface area contributed by atoms with Gasteiger partial charge in [0.2, 0.25) is 5.91 Å². The summed E-state index contributed by atoms with van der Waals surface area (Å²) in [6.07, 6.45) is -0.322. The Bertz CT molecular complexity index is 907. The molecule has 128 valence electrons. The molecule has 3 rings (SSSR count). The number of amides is 1. The second-order valence-electron chi connectivity index (χ2n) is 5.86. The lowest BCUT2D eigenvalue weighted by atomic mass is 10.1. The third kappa shape index (κ3) is 3.28. The van der Waals surface area contributed by atoms with Gasteiger partial charge >= 0.3 is 5.97 Å². The van der Waals surface area contributed by atoms with E-state index < -0.39 is 11.9 Å². The van der Waals surface area contributed by atoms with E-state index >= 15 is 0 Å². The number of halogens is 2. The van der Waals surface area contributed by atoms with E-state index in [4.69, 9.17) is 11.6 Å². The van der Waals surface area contributed by atoms with Crippen LogP contribution in [0.1, 0.15) is 23.1 Å². The number of nitrogens with zero attached hydrogens (tertiary/aromatic N) is 1. The molecule has 4 nitrogen and oxygen atoms in total. The monoisotopic (exact) mass is 359 g/mol. The number of benzene rings is 2. The van der Waals surface area contributed by atoms with E-state index in [1.165, 1.54) is 11.0 Å². The van der Waals surface area contributed by atoms with Crippen LogP contribution in [-0.4, -0.2) is 17.0 Å². The van der Waals surface area contributed by atoms with Gasteiger partial charge in [0.15, 0.2) is 0 Å². The van der Waals surface area contributed by atoms with Crippen LogP contribution in [0.5, 0.6) is 0 Å². The highest BCUT2D eigenvalue weighted by atomic mass is 35.5. The number of aryl methyl sites for hydroxylation is 1. The Morgan fingerprint density at radius 1 is 1.28 bits per heavy atom. The van der Waals surface area contributed by atoms with Crippen LogP contribution in [0.25, 0.3) is 5.03 Å². The summed E-state index contributed by atoms with van der Waals surface area (Å²) in [5.41, 5.74) is 1.97. The van der Waals surface area contributed by atoms with Crippen molar-refractivity contribution in [2.45, 2.75) is 19.9 Å². The van der Waals surface area contributed by atoms with E-state index in [9.17, 15) is 19.1 Å². The quantitative estimate of drug-likeness (QED) is 0.897. The van der Waals surface area contributed by atoms with E-state index in [2.05, 4.69) is 0 Å². The summed E-state index contributed by atoms with van der Waals surface area (Å²) in [6, 6.07) is 11.6. The van der Waals surface area contributed by atoms with Gasteiger partial charge in [-0.05, 0) is 30.2 Å². The first kappa shape index (κ1) is 17.2. The van der Waals surface area contributed by atoms with Crippen LogP contribution >= 0.6 is 11.6 Å². The number of para-hydroxylation sites is 1. The van der Waals surface area contributed by atoms with Crippen molar-refractivity contribution in [3.05, 3.63) is 70.5 Å². The van der Waals surface area contributed by atoms with Crippen LogP contribution in [-0.2, 0) is 16.1 Å². The Hall–Kier alpha value is -2.66. The maximum absolute atomic E-state index is 13.8. The van der Waals surface area contributed by atoms with E-state index in [0.717, 1.165) is 0 Å². The fourth-order valence-electron chi connectivity index (χ4n) is 2.78. The summed E-state index contributed by atoms with van der Waals surface area (Å²) in [6.45, 7) is 1.79. The number of anilines is 1. The van der Waals surface area contributed by atoms with Crippen molar-refractivity contribution >= 4 is 34.2 Å². The molecule has 0 aromatic heterocycles. The molecule has 0 bridgehead atoms. The minimum absolute atomic E-state index is 0.0500. The van der Waals surface area contributed by atoms with Crippen molar-refractivity contribution in [2.24, 2.45) is 0 Å². The molecule has 0 saturated carbocycles. The molecule has 1 N–H and O–H groups in total. The van der Waals surface area contributed by atoms with Gasteiger partial charge in [-0.3, -0.25) is 4.79 Å². The van der Waals surface area contributed by atoms with Crippen LogP contribution in [0, 0.1) is 12.7 Å². The topological polar surface area (TPSA) is 57.6 Å². The number of carboxylic acids is 1. The highest BCUT2D eigenvalue weighted by Gasteiger charge is 2.29. The smallest absolute Gasteiger partial charge is 0.333 e. The van der Waals surface area contributed by atoms with Crippen LogP contribution in [0.4, 0.5) is 10.1 Å². The standard InChI is InChI=1S/C19H15ClFNO3/c1-11-6-7-12(8-15(11)21)10-22-16-5-3-2-4-13(16)18(20)14(19(24)25)9-17(22)23/h2-8H,9-10H2,1H3,(H,24,25). The van der Waals surface area contributed by atoms with Gasteiger partial charge in [-0.2, -0.15) is 0 Å². The number of carbonyl (C=O) groups is 2. The van der Waals surface area contributed by atoms with Crippen LogP contribution in [0.3, 0.4) is 0 Å². The van der Waals surface area contributed by atoms with Gasteiger partial charge < -0.3 is 10.0 Å². The SMILES string of the molecule is Cc1ccc(CN2C(=O)CC(C(=O)O)=C(Cl)c3ccccc32)cc1F. The summed E-state index contributed by atoms with van der Waals surface area (Å²) in [5.74, 6) is -1.98. The van der Waals surface area contributed by atoms with Crippen LogP contribution in [0.2, 0.25) is 0 Å². The Morgan fingerprint density at radius 3 is 2.68 bits per heavy atom. The van der Waals surface area contributed by atoms with Crippen molar-refractivity contribution in [3.8, 4) is 0 Å². The lowest BCUT2D eigenvalue weighted by molar-refractivity contribution is -0.133. The first-order chi connectivity index (χ1) is 11.9. The van der Waals surface area contributed by atoms with Crippen molar-refractivity contribution < 1.29 is 19.1 Å². The lowest BCUT2D eigenvalue weighted by Gasteiger charge is -2.23. The van der Waals surface area contributed by atoms with Crippen molar-refractivity contribution in [2.75, 3.05) is 4.90 Å². The summed E-state index contributed by atoms with van der Waals surface area (Å²) in [5, 5.41) is 9.41. The molecule has 1 amide bonds. The zero-order valence-corrected chi connectivity index (χ0v) is 14.2. The number of aliphatic carboxylic acids is 1. The predicted molar refractivity (Wildman–Crippen MR) is 93.8 cm³/mol. The Morgan fingerprint density at radius 2 is 2.00 bits per heavy atom. The normalized spacial score (nSPS) is 14.4. The number of carboxylic acid groups (broad SMARTS) is 1. The Kier molecular flexibility index (Phi) is 4.59. The predicted octanol–water partition coefficient (Wildman–Crippen LogP) is 4.11. The molecule has 25 heavy (non-hydrogen) atoms. The van der Waals surface area contributed by atoms with Crippen molar-refractivity contribution in [3.63, 3.8) is 0 Å². The molecule has 6 heteroatoms. The van der Waals surface area contributed by atoms with Crippen LogP contribution in [0.15, 0.2) is 48.0 Å². The fraction of sp³-hybridized carbons (Fsp3) is 0.158. The third-order valence-corrected chi connectivity index (χ3v) is 4.59. The number of hydrogen-bond acceptors (Lipinski definition) is 2. The van der Waals surface area contributed by atoms with Gasteiger partial charge in [-0.15, -0.1) is 0 Å². The molecular weight excluding hydrogens is 345 g/mol. The maximum atomic E-state index is 13.8. The summed E-state index contributed by atoms with van der Waals surface area (Å²) < 4.78 is 13.8. The summed E-state index contributed by atoms with van der Waals surface area (Å²) in [7, 11) is 0. The molecule has 0 unspecified atom stereocenters. The molecule has 1 aliphatic heterocycles. The second kappa shape index (κ2) is 6.69. The molecule has 1 aliphatic rings. The minimum atomic E-state index is -1.23. The molecule has 0 atom stereocenters. The molecule has 0 fully saturated rings. The Balaban J connectivity index is 2.07. The molecule has 2 aromatic rings. The zero-order valence-electron chi connectivity index (χ0n) is 13.4. The van der Waals surface area contributed by atoms with Crippen LogP contribution < -0.4 is 4.90 Å². The Labute approximate surface area is 149 Å². The molecular formula is C19H15ClFNO3. The molecule has 0 saturated heterocycles. The largest absolute Gasteiger partial charge is 0.478 e. The first-order valence-electron chi connectivity index (χ1n) is 7.65. The van der Waals surface area contributed by atoms with E-state index in [0.29, 0.717) is 22.4 Å². The number of rotatable bonds is 3. The first-order valence-corrected chi connectivity index (χ1v) is 8.03. The number of carbonyl (C=O) groups excluding carboxylic acids is 1. The highest BCUT2D eigenvalue weighted by Crippen LogP contribution is 2.37. The zero-order chi connectivity index (χ0) is 18.1. The number of hydrogen-bond donors (Lipinski definition) is 1. The molecule has 0 aliphatic carbocycles. The highest BCUT2D eigenvalue weighted by molar-refractivity contribution is 6.52. The van der Waals surface area contributed by atoms with Gasteiger partial charge in [0.05, 0.1) is 29.3 Å². The van der Waals surface area contributed by atoms with Gasteiger partial charge in [0.1, 0.15) is 5.82 Å². The summed E-state index contributed by atoms with van der Waals surface area (Å²) in [4.78, 5) is 25.6. The molecule has 2 aromatic carbocycles.